The number of thioether (sulfide) groups is 1. The third kappa shape index (κ3) is 5.84. The van der Waals surface area contributed by atoms with Gasteiger partial charge < -0.3 is 14.7 Å². The minimum atomic E-state index is -0.241. The van der Waals surface area contributed by atoms with E-state index in [0.717, 1.165) is 52.7 Å². The minimum Gasteiger partial charge on any atom is -0.455 e. The van der Waals surface area contributed by atoms with E-state index in [1.54, 1.807) is 17.8 Å². The molecule has 0 aliphatic carbocycles. The molecule has 3 aromatic carbocycles. The molecule has 176 valence electrons. The Balaban J connectivity index is 1.11. The second-order valence-electron chi connectivity index (χ2n) is 8.54. The van der Waals surface area contributed by atoms with Crippen molar-refractivity contribution in [2.24, 2.45) is 0 Å². The summed E-state index contributed by atoms with van der Waals surface area (Å²) in [6.07, 6.45) is 1.70. The van der Waals surface area contributed by atoms with Crippen molar-refractivity contribution in [3.05, 3.63) is 119 Å². The van der Waals surface area contributed by atoms with Crippen LogP contribution >= 0.6 is 11.8 Å². The lowest BCUT2D eigenvalue weighted by atomic mass is 10.1. The number of furan rings is 1. The Labute approximate surface area is 209 Å². The number of anilines is 1. The second kappa shape index (κ2) is 10.7. The number of carbonyl (C=O) groups is 1. The van der Waals surface area contributed by atoms with Crippen LogP contribution in [0, 0.1) is 6.92 Å². The lowest BCUT2D eigenvalue weighted by Crippen LogP contribution is -2.10. The highest BCUT2D eigenvalue weighted by Crippen LogP contribution is 2.22. The van der Waals surface area contributed by atoms with E-state index in [9.17, 15) is 4.79 Å². The average molecular weight is 482 g/mol. The highest BCUT2D eigenvalue weighted by Gasteiger charge is 2.12. The number of hydrogen-bond acceptors (Lipinski definition) is 4. The molecule has 0 saturated heterocycles. The molecule has 0 unspecified atom stereocenters. The molecule has 2 N–H and O–H groups in total. The smallest absolute Gasteiger partial charge is 0.291 e. The number of imidazole rings is 1. The summed E-state index contributed by atoms with van der Waals surface area (Å²) in [6, 6.07) is 28.0. The first-order chi connectivity index (χ1) is 17.1. The number of benzene rings is 3. The summed E-state index contributed by atoms with van der Waals surface area (Å²) in [6.45, 7) is 2.12. The van der Waals surface area contributed by atoms with Crippen molar-refractivity contribution in [1.29, 1.82) is 0 Å². The van der Waals surface area contributed by atoms with Gasteiger partial charge in [-0.05, 0) is 66.4 Å². The zero-order valence-corrected chi connectivity index (χ0v) is 20.4. The fraction of sp³-hybridized carbons (Fsp3) is 0.172. The number of aryl methyl sites for hydroxylation is 3. The molecule has 0 atom stereocenters. The van der Waals surface area contributed by atoms with Gasteiger partial charge in [-0.1, -0.05) is 48.5 Å². The van der Waals surface area contributed by atoms with Crippen LogP contribution in [0.3, 0.4) is 0 Å². The van der Waals surface area contributed by atoms with Crippen molar-refractivity contribution < 1.29 is 9.21 Å². The van der Waals surface area contributed by atoms with Gasteiger partial charge in [0.1, 0.15) is 11.6 Å². The predicted molar refractivity (Wildman–Crippen MR) is 143 cm³/mol. The number of para-hydroxylation sites is 2. The summed E-state index contributed by atoms with van der Waals surface area (Å²) >= 11 is 1.78. The first-order valence-electron chi connectivity index (χ1n) is 11.7. The van der Waals surface area contributed by atoms with Gasteiger partial charge in [-0.2, -0.15) is 0 Å². The van der Waals surface area contributed by atoms with Crippen LogP contribution in [0.15, 0.2) is 89.3 Å². The Morgan fingerprint density at radius 2 is 1.71 bits per heavy atom. The Morgan fingerprint density at radius 3 is 2.54 bits per heavy atom. The van der Waals surface area contributed by atoms with Crippen LogP contribution < -0.4 is 5.32 Å². The van der Waals surface area contributed by atoms with E-state index in [1.165, 1.54) is 16.7 Å². The number of nitrogens with zero attached hydrogens (tertiary/aromatic N) is 1. The van der Waals surface area contributed by atoms with E-state index in [-0.39, 0.29) is 5.91 Å². The van der Waals surface area contributed by atoms with Gasteiger partial charge in [-0.15, -0.1) is 11.8 Å². The molecule has 0 aliphatic rings. The first kappa shape index (κ1) is 23.0. The van der Waals surface area contributed by atoms with E-state index in [2.05, 4.69) is 46.5 Å². The monoisotopic (exact) mass is 481 g/mol. The van der Waals surface area contributed by atoms with Crippen molar-refractivity contribution in [3.8, 4) is 0 Å². The predicted octanol–water partition coefficient (Wildman–Crippen LogP) is 6.94. The maximum Gasteiger partial charge on any atom is 0.291 e. The standard InChI is InChI=1S/C29H27N3O2S/c1-20-6-2-3-7-22(20)18-35-19-24-15-16-27(34-24)29(33)30-23-13-10-21(11-14-23)12-17-28-31-25-8-4-5-9-26(25)32-28/h2-11,13-16H,12,17-19H2,1H3,(H,30,33)(H,31,32). The van der Waals surface area contributed by atoms with Gasteiger partial charge in [-0.25, -0.2) is 4.98 Å². The van der Waals surface area contributed by atoms with E-state index < -0.39 is 0 Å². The van der Waals surface area contributed by atoms with Crippen LogP contribution in [-0.4, -0.2) is 15.9 Å². The zero-order valence-electron chi connectivity index (χ0n) is 19.6. The summed E-state index contributed by atoms with van der Waals surface area (Å²) in [4.78, 5) is 20.6. The summed E-state index contributed by atoms with van der Waals surface area (Å²) in [7, 11) is 0. The van der Waals surface area contributed by atoms with Gasteiger partial charge in [0.15, 0.2) is 5.76 Å². The van der Waals surface area contributed by atoms with Crippen molar-refractivity contribution in [2.45, 2.75) is 31.3 Å². The summed E-state index contributed by atoms with van der Waals surface area (Å²) < 4.78 is 5.78. The van der Waals surface area contributed by atoms with E-state index in [4.69, 9.17) is 4.42 Å². The highest BCUT2D eigenvalue weighted by molar-refractivity contribution is 7.97. The molecule has 2 aromatic heterocycles. The molecule has 0 bridgehead atoms. The van der Waals surface area contributed by atoms with Crippen molar-refractivity contribution in [2.75, 3.05) is 5.32 Å². The van der Waals surface area contributed by atoms with Gasteiger partial charge in [0, 0.05) is 17.9 Å². The normalized spacial score (nSPS) is 11.1. The minimum absolute atomic E-state index is 0.241. The Kier molecular flexibility index (Phi) is 7.00. The number of aromatic nitrogens is 2. The Morgan fingerprint density at radius 1 is 0.914 bits per heavy atom. The largest absolute Gasteiger partial charge is 0.455 e. The lowest BCUT2D eigenvalue weighted by molar-refractivity contribution is 0.0995. The molecule has 35 heavy (non-hydrogen) atoms. The molecule has 0 saturated carbocycles. The fourth-order valence-electron chi connectivity index (χ4n) is 3.95. The van der Waals surface area contributed by atoms with Crippen molar-refractivity contribution >= 4 is 34.4 Å². The first-order valence-corrected chi connectivity index (χ1v) is 12.8. The van der Waals surface area contributed by atoms with Crippen LogP contribution in [0.25, 0.3) is 11.0 Å². The second-order valence-corrected chi connectivity index (χ2v) is 9.52. The van der Waals surface area contributed by atoms with Crippen LogP contribution in [0.1, 0.15) is 38.8 Å². The fourth-order valence-corrected chi connectivity index (χ4v) is 4.95. The number of H-pyrrole nitrogens is 1. The Hall–Kier alpha value is -3.77. The summed E-state index contributed by atoms with van der Waals surface area (Å²) in [5.74, 6) is 3.50. The van der Waals surface area contributed by atoms with Gasteiger partial charge in [0.25, 0.3) is 5.91 Å². The molecule has 0 fully saturated rings. The third-order valence-electron chi connectivity index (χ3n) is 5.95. The van der Waals surface area contributed by atoms with Crippen LogP contribution in [-0.2, 0) is 24.3 Å². The molecule has 5 rings (SSSR count). The number of amides is 1. The highest BCUT2D eigenvalue weighted by atomic mass is 32.2. The molecule has 6 heteroatoms. The molecule has 1 amide bonds. The number of rotatable bonds is 9. The number of carbonyl (C=O) groups excluding carboxylic acids is 1. The summed E-state index contributed by atoms with van der Waals surface area (Å²) in [5, 5.41) is 2.92. The third-order valence-corrected chi connectivity index (χ3v) is 6.95. The van der Waals surface area contributed by atoms with Gasteiger partial charge in [0.2, 0.25) is 0 Å². The van der Waals surface area contributed by atoms with Crippen molar-refractivity contribution in [3.63, 3.8) is 0 Å². The van der Waals surface area contributed by atoms with Gasteiger partial charge in [-0.3, -0.25) is 4.79 Å². The lowest BCUT2D eigenvalue weighted by Gasteiger charge is -2.05. The van der Waals surface area contributed by atoms with E-state index in [0.29, 0.717) is 5.76 Å². The Bertz CT molecular complexity index is 1400. The summed E-state index contributed by atoms with van der Waals surface area (Å²) in [5.41, 5.74) is 6.60. The maximum atomic E-state index is 12.6. The molecular formula is C29H27N3O2S. The number of nitrogens with one attached hydrogen (secondary N) is 2. The molecule has 5 aromatic rings. The topological polar surface area (TPSA) is 70.9 Å². The van der Waals surface area contributed by atoms with E-state index >= 15 is 0 Å². The molecule has 2 heterocycles. The number of hydrogen-bond donors (Lipinski definition) is 2. The van der Waals surface area contributed by atoms with E-state index in [1.807, 2.05) is 54.6 Å². The molecule has 0 aliphatic heterocycles. The van der Waals surface area contributed by atoms with Crippen LogP contribution in [0.2, 0.25) is 0 Å². The SMILES string of the molecule is Cc1ccccc1CSCc1ccc(C(=O)Nc2ccc(CCc3nc4ccccc4[nH]3)cc2)o1. The molecule has 0 radical (unpaired) electrons. The maximum absolute atomic E-state index is 12.6. The molecule has 0 spiro atoms. The van der Waals surface area contributed by atoms with Gasteiger partial charge >= 0.3 is 0 Å². The van der Waals surface area contributed by atoms with Gasteiger partial charge in [0.05, 0.1) is 16.8 Å². The number of aromatic amines is 1. The molecule has 5 nitrogen and oxygen atoms in total. The van der Waals surface area contributed by atoms with Crippen LogP contribution in [0.4, 0.5) is 5.69 Å². The van der Waals surface area contributed by atoms with Crippen molar-refractivity contribution in [1.82, 2.24) is 9.97 Å². The number of fused-ring (bicyclic) bond motifs is 1. The zero-order chi connectivity index (χ0) is 24.0. The average Bonchev–Trinajstić information content (AvgIpc) is 3.52. The molecular weight excluding hydrogens is 454 g/mol. The quantitative estimate of drug-likeness (QED) is 0.239. The van der Waals surface area contributed by atoms with Crippen LogP contribution in [0.5, 0.6) is 0 Å².